The number of anilines is 1. The fourth-order valence-corrected chi connectivity index (χ4v) is 0.918. The van der Waals surface area contributed by atoms with Crippen molar-refractivity contribution in [1.82, 2.24) is 4.98 Å². The number of hydrogen-bond donors (Lipinski definition) is 3. The van der Waals surface area contributed by atoms with E-state index in [1.54, 1.807) is 18.2 Å². The lowest BCUT2D eigenvalue weighted by atomic mass is 10.2. The zero-order valence-electron chi connectivity index (χ0n) is 7.88. The van der Waals surface area contributed by atoms with Crippen molar-refractivity contribution in [3.05, 3.63) is 24.4 Å². The Morgan fingerprint density at radius 2 is 2.27 bits per heavy atom. The van der Waals surface area contributed by atoms with Crippen LogP contribution in [0.5, 0.6) is 0 Å². The minimum absolute atomic E-state index is 0.272. The number of carbonyl (C=O) groups is 2. The maximum absolute atomic E-state index is 11.2. The number of nitrogens with zero attached hydrogens (tertiary/aromatic N) is 1. The van der Waals surface area contributed by atoms with Gasteiger partial charge in [-0.25, -0.2) is 4.98 Å². The van der Waals surface area contributed by atoms with Gasteiger partial charge in [-0.2, -0.15) is 0 Å². The highest BCUT2D eigenvalue weighted by Crippen LogP contribution is 2.01. The van der Waals surface area contributed by atoms with E-state index >= 15 is 0 Å². The van der Waals surface area contributed by atoms with Crippen LogP contribution in [0.1, 0.15) is 6.42 Å². The highest BCUT2D eigenvalue weighted by atomic mass is 16.4. The van der Waals surface area contributed by atoms with Crippen molar-refractivity contribution >= 4 is 17.7 Å². The van der Waals surface area contributed by atoms with Crippen molar-refractivity contribution in [3.8, 4) is 0 Å². The topological polar surface area (TPSA) is 105 Å². The molecule has 0 saturated heterocycles. The smallest absolute Gasteiger partial charge is 0.321 e. The van der Waals surface area contributed by atoms with Gasteiger partial charge in [-0.1, -0.05) is 6.07 Å². The van der Waals surface area contributed by atoms with Crippen LogP contribution in [0.25, 0.3) is 0 Å². The van der Waals surface area contributed by atoms with Gasteiger partial charge in [0.2, 0.25) is 5.91 Å². The molecule has 1 atom stereocenters. The molecular formula is C9H11N3O3. The molecule has 0 aliphatic heterocycles. The van der Waals surface area contributed by atoms with Gasteiger partial charge in [-0.05, 0) is 12.1 Å². The molecule has 0 aliphatic rings. The first-order valence-corrected chi connectivity index (χ1v) is 4.29. The average Bonchev–Trinajstić information content (AvgIpc) is 2.18. The third-order valence-electron chi connectivity index (χ3n) is 1.65. The largest absolute Gasteiger partial charge is 0.480 e. The molecule has 0 radical (unpaired) electrons. The van der Waals surface area contributed by atoms with Crippen LogP contribution in [0.4, 0.5) is 5.82 Å². The molecule has 4 N–H and O–H groups in total. The van der Waals surface area contributed by atoms with Gasteiger partial charge in [0, 0.05) is 6.20 Å². The van der Waals surface area contributed by atoms with Crippen LogP contribution >= 0.6 is 0 Å². The fraction of sp³-hybridized carbons (Fsp3) is 0.222. The molecule has 0 aliphatic carbocycles. The van der Waals surface area contributed by atoms with E-state index in [0.29, 0.717) is 5.82 Å². The second kappa shape index (κ2) is 5.06. The summed E-state index contributed by atoms with van der Waals surface area (Å²) in [7, 11) is 0. The third kappa shape index (κ3) is 3.74. The number of nitrogens with two attached hydrogens (primary N) is 1. The van der Waals surface area contributed by atoms with E-state index in [9.17, 15) is 9.59 Å². The number of pyridine rings is 1. The Morgan fingerprint density at radius 1 is 1.53 bits per heavy atom. The molecule has 0 spiro atoms. The number of rotatable bonds is 4. The monoisotopic (exact) mass is 209 g/mol. The Hall–Kier alpha value is -1.95. The maximum Gasteiger partial charge on any atom is 0.321 e. The van der Waals surface area contributed by atoms with Crippen LogP contribution in [-0.4, -0.2) is 28.0 Å². The van der Waals surface area contributed by atoms with Crippen molar-refractivity contribution in [3.63, 3.8) is 0 Å². The van der Waals surface area contributed by atoms with Gasteiger partial charge in [-0.3, -0.25) is 9.59 Å². The van der Waals surface area contributed by atoms with Gasteiger partial charge >= 0.3 is 5.97 Å². The molecule has 1 heterocycles. The van der Waals surface area contributed by atoms with Gasteiger partial charge in [0.05, 0.1) is 6.42 Å². The molecule has 1 rings (SSSR count). The van der Waals surface area contributed by atoms with Crippen LogP contribution in [0.2, 0.25) is 0 Å². The van der Waals surface area contributed by atoms with Gasteiger partial charge in [0.1, 0.15) is 11.9 Å². The minimum Gasteiger partial charge on any atom is -0.480 e. The summed E-state index contributed by atoms with van der Waals surface area (Å²) in [5.41, 5.74) is 5.19. The number of nitrogens with one attached hydrogen (secondary N) is 1. The van der Waals surface area contributed by atoms with Crippen LogP contribution in [0, 0.1) is 0 Å². The van der Waals surface area contributed by atoms with Crippen LogP contribution in [-0.2, 0) is 9.59 Å². The third-order valence-corrected chi connectivity index (χ3v) is 1.65. The van der Waals surface area contributed by atoms with E-state index in [0.717, 1.165) is 0 Å². The number of aromatic nitrogens is 1. The van der Waals surface area contributed by atoms with Crippen molar-refractivity contribution in [2.75, 3.05) is 5.32 Å². The van der Waals surface area contributed by atoms with Gasteiger partial charge in [0.15, 0.2) is 0 Å². The van der Waals surface area contributed by atoms with Crippen LogP contribution < -0.4 is 11.1 Å². The Kier molecular flexibility index (Phi) is 3.75. The standard InChI is InChI=1S/C9H11N3O3/c10-6(9(14)15)5-8(13)12-7-3-1-2-4-11-7/h1-4,6H,5,10H2,(H,14,15)(H,11,12,13). The van der Waals surface area contributed by atoms with E-state index in [1.165, 1.54) is 6.20 Å². The molecule has 1 aromatic heterocycles. The van der Waals surface area contributed by atoms with Crippen molar-refractivity contribution in [2.45, 2.75) is 12.5 Å². The Morgan fingerprint density at radius 3 is 2.80 bits per heavy atom. The summed E-state index contributed by atoms with van der Waals surface area (Å²) in [6.45, 7) is 0. The molecule has 15 heavy (non-hydrogen) atoms. The minimum atomic E-state index is -1.20. The number of amides is 1. The van der Waals surface area contributed by atoms with Crippen molar-refractivity contribution in [2.24, 2.45) is 5.73 Å². The van der Waals surface area contributed by atoms with Crippen molar-refractivity contribution in [1.29, 1.82) is 0 Å². The summed E-state index contributed by atoms with van der Waals surface area (Å²) in [6.07, 6.45) is 1.25. The number of carboxylic acids is 1. The number of hydrogen-bond acceptors (Lipinski definition) is 4. The molecule has 6 heteroatoms. The molecule has 0 fully saturated rings. The second-order valence-electron chi connectivity index (χ2n) is 2.91. The highest BCUT2D eigenvalue weighted by Gasteiger charge is 2.16. The van der Waals surface area contributed by atoms with Crippen LogP contribution in [0.3, 0.4) is 0 Å². The lowest BCUT2D eigenvalue weighted by molar-refractivity contribution is -0.140. The molecule has 6 nitrogen and oxygen atoms in total. The first-order chi connectivity index (χ1) is 7.09. The molecule has 1 aromatic rings. The first kappa shape index (κ1) is 11.1. The predicted octanol–water partition coefficient (Wildman–Crippen LogP) is -0.178. The normalized spacial score (nSPS) is 11.8. The summed E-state index contributed by atoms with van der Waals surface area (Å²) in [6, 6.07) is 3.83. The average molecular weight is 209 g/mol. The van der Waals surface area contributed by atoms with Gasteiger partial charge in [-0.15, -0.1) is 0 Å². The molecule has 1 unspecified atom stereocenters. The zero-order chi connectivity index (χ0) is 11.3. The van der Waals surface area contributed by atoms with Gasteiger partial charge in [0.25, 0.3) is 0 Å². The Labute approximate surface area is 86.1 Å². The van der Waals surface area contributed by atoms with Gasteiger partial charge < -0.3 is 16.2 Å². The SMILES string of the molecule is NC(CC(=O)Nc1ccccn1)C(=O)O. The lowest BCUT2D eigenvalue weighted by Crippen LogP contribution is -2.34. The molecule has 0 aromatic carbocycles. The van der Waals surface area contributed by atoms with E-state index in [4.69, 9.17) is 10.8 Å². The first-order valence-electron chi connectivity index (χ1n) is 4.29. The lowest BCUT2D eigenvalue weighted by Gasteiger charge is -2.06. The summed E-state index contributed by atoms with van der Waals surface area (Å²) < 4.78 is 0. The summed E-state index contributed by atoms with van der Waals surface area (Å²) in [5, 5.41) is 10.9. The number of carboxylic acid groups (broad SMARTS) is 1. The quantitative estimate of drug-likeness (QED) is 0.638. The predicted molar refractivity (Wildman–Crippen MR) is 53.1 cm³/mol. The Balaban J connectivity index is 2.47. The molecule has 1 amide bonds. The van der Waals surface area contributed by atoms with E-state index in [-0.39, 0.29) is 6.42 Å². The van der Waals surface area contributed by atoms with Crippen LogP contribution in [0.15, 0.2) is 24.4 Å². The van der Waals surface area contributed by atoms with E-state index in [1.807, 2.05) is 0 Å². The molecule has 0 saturated carbocycles. The van der Waals surface area contributed by atoms with Crippen molar-refractivity contribution < 1.29 is 14.7 Å². The van der Waals surface area contributed by atoms with E-state index < -0.39 is 17.9 Å². The zero-order valence-corrected chi connectivity index (χ0v) is 7.88. The highest BCUT2D eigenvalue weighted by molar-refractivity contribution is 5.93. The molecule has 80 valence electrons. The summed E-state index contributed by atoms with van der Waals surface area (Å²) in [4.78, 5) is 25.5. The summed E-state index contributed by atoms with van der Waals surface area (Å²) in [5.74, 6) is -1.30. The summed E-state index contributed by atoms with van der Waals surface area (Å²) >= 11 is 0. The maximum atomic E-state index is 11.2. The molecule has 0 bridgehead atoms. The fourth-order valence-electron chi connectivity index (χ4n) is 0.918. The molecular weight excluding hydrogens is 198 g/mol. The van der Waals surface area contributed by atoms with E-state index in [2.05, 4.69) is 10.3 Å². The number of carbonyl (C=O) groups excluding carboxylic acids is 1. The Bertz CT molecular complexity index is 353. The second-order valence-corrected chi connectivity index (χ2v) is 2.91. The number of aliphatic carboxylic acids is 1.